The van der Waals surface area contributed by atoms with Gasteiger partial charge in [-0.05, 0) is 61.0 Å². The van der Waals surface area contributed by atoms with Crippen molar-refractivity contribution in [2.75, 3.05) is 5.32 Å². The Morgan fingerprint density at radius 3 is 2.73 bits per heavy atom. The number of ether oxygens (including phenoxy) is 1. The first kappa shape index (κ1) is 19.8. The summed E-state index contributed by atoms with van der Waals surface area (Å²) in [6.07, 6.45) is 3.82. The Bertz CT molecular complexity index is 1100. The highest BCUT2D eigenvalue weighted by Gasteiger charge is 2.23. The average Bonchev–Trinajstić information content (AvgIpc) is 3.22. The smallest absolute Gasteiger partial charge is 0.291 e. The van der Waals surface area contributed by atoms with Crippen LogP contribution in [0.1, 0.15) is 28.6 Å². The van der Waals surface area contributed by atoms with Gasteiger partial charge in [0.25, 0.3) is 11.8 Å². The highest BCUT2D eigenvalue weighted by molar-refractivity contribution is 6.30. The molecule has 0 aliphatic carbocycles. The van der Waals surface area contributed by atoms with Gasteiger partial charge < -0.3 is 19.8 Å². The fourth-order valence-corrected chi connectivity index (χ4v) is 3.23. The summed E-state index contributed by atoms with van der Waals surface area (Å²) in [6, 6.07) is 15.5. The zero-order valence-corrected chi connectivity index (χ0v) is 16.9. The first-order chi connectivity index (χ1) is 14.5. The van der Waals surface area contributed by atoms with E-state index in [-0.39, 0.29) is 23.6 Å². The van der Waals surface area contributed by atoms with Crippen molar-refractivity contribution in [1.29, 1.82) is 0 Å². The molecule has 7 heteroatoms. The minimum absolute atomic E-state index is 0.112. The Kier molecular flexibility index (Phi) is 5.59. The van der Waals surface area contributed by atoms with Crippen LogP contribution in [0.15, 0.2) is 71.0 Å². The summed E-state index contributed by atoms with van der Waals surface area (Å²) in [5, 5.41) is 6.31. The van der Waals surface area contributed by atoms with E-state index >= 15 is 0 Å². The summed E-state index contributed by atoms with van der Waals surface area (Å²) >= 11 is 5.89. The number of anilines is 1. The van der Waals surface area contributed by atoms with Gasteiger partial charge in [0.2, 0.25) is 0 Å². The molecule has 1 aliphatic rings. The molecule has 3 aromatic rings. The van der Waals surface area contributed by atoms with E-state index in [1.54, 1.807) is 54.8 Å². The average molecular weight is 423 g/mol. The molecule has 0 fully saturated rings. The van der Waals surface area contributed by atoms with Gasteiger partial charge in [0, 0.05) is 23.0 Å². The molecule has 30 heavy (non-hydrogen) atoms. The Morgan fingerprint density at radius 1 is 1.20 bits per heavy atom. The highest BCUT2D eigenvalue weighted by Crippen LogP contribution is 2.32. The van der Waals surface area contributed by atoms with Gasteiger partial charge in [-0.15, -0.1) is 0 Å². The molecule has 1 atom stereocenters. The molecular formula is C23H19ClN2O4. The molecule has 0 radical (unpaired) electrons. The third kappa shape index (κ3) is 4.55. The number of benzene rings is 2. The number of amides is 2. The lowest BCUT2D eigenvalue weighted by Crippen LogP contribution is -2.34. The molecule has 1 aliphatic heterocycles. The van der Waals surface area contributed by atoms with Crippen LogP contribution in [0, 0.1) is 0 Å². The molecule has 2 N–H and O–H groups in total. The van der Waals surface area contributed by atoms with Crippen molar-refractivity contribution in [1.82, 2.24) is 5.32 Å². The number of hydrogen-bond donors (Lipinski definition) is 2. The quantitative estimate of drug-likeness (QED) is 0.586. The molecule has 0 saturated heterocycles. The molecule has 1 aromatic heterocycles. The molecule has 6 nitrogen and oxygen atoms in total. The van der Waals surface area contributed by atoms with Gasteiger partial charge in [-0.1, -0.05) is 23.7 Å². The molecule has 1 unspecified atom stereocenters. The fourth-order valence-electron chi connectivity index (χ4n) is 3.10. The van der Waals surface area contributed by atoms with Crippen LogP contribution in [-0.4, -0.2) is 17.9 Å². The Morgan fingerprint density at radius 2 is 2.00 bits per heavy atom. The van der Waals surface area contributed by atoms with E-state index in [2.05, 4.69) is 10.6 Å². The number of halogens is 1. The lowest BCUT2D eigenvalue weighted by Gasteiger charge is -2.21. The number of nitrogens with one attached hydrogen (secondary N) is 2. The van der Waals surface area contributed by atoms with Crippen LogP contribution >= 0.6 is 11.6 Å². The second-order valence-corrected chi connectivity index (χ2v) is 7.42. The van der Waals surface area contributed by atoms with Gasteiger partial charge in [-0.3, -0.25) is 9.59 Å². The number of carbonyl (C=O) groups is 2. The summed E-state index contributed by atoms with van der Waals surface area (Å²) in [5.74, 6) is 0.799. The molecule has 2 amide bonds. The van der Waals surface area contributed by atoms with Crippen molar-refractivity contribution >= 4 is 35.2 Å². The Hall–Kier alpha value is -3.51. The second kappa shape index (κ2) is 8.47. The molecule has 0 bridgehead atoms. The van der Waals surface area contributed by atoms with Crippen molar-refractivity contribution in [3.63, 3.8) is 0 Å². The van der Waals surface area contributed by atoms with Crippen molar-refractivity contribution in [3.8, 4) is 5.75 Å². The SMILES string of the molecule is CC(Cc1ccco1)NC(=O)c1ccc2c(c1)NC(=O)/C(=C\c1ccc(Cl)cc1)O2. The lowest BCUT2D eigenvalue weighted by molar-refractivity contribution is -0.115. The molecular weight excluding hydrogens is 404 g/mol. The predicted molar refractivity (Wildman–Crippen MR) is 114 cm³/mol. The Labute approximate surface area is 178 Å². The topological polar surface area (TPSA) is 80.6 Å². The molecule has 4 rings (SSSR count). The fraction of sp³-hybridized carbons (Fsp3) is 0.130. The van der Waals surface area contributed by atoms with Crippen molar-refractivity contribution in [2.45, 2.75) is 19.4 Å². The van der Waals surface area contributed by atoms with Crippen LogP contribution in [0.2, 0.25) is 5.02 Å². The third-order valence-electron chi connectivity index (χ3n) is 4.57. The maximum Gasteiger partial charge on any atom is 0.291 e. The summed E-state index contributed by atoms with van der Waals surface area (Å²) in [6.45, 7) is 1.90. The lowest BCUT2D eigenvalue weighted by atomic mass is 10.1. The standard InChI is InChI=1S/C23H19ClN2O4/c1-14(11-18-3-2-10-29-18)25-22(27)16-6-9-20-19(13-16)26-23(28)21(30-20)12-15-4-7-17(24)8-5-15/h2-10,12-14H,11H2,1H3,(H,25,27)(H,26,28)/b21-12+. The minimum Gasteiger partial charge on any atom is -0.469 e. The first-order valence-corrected chi connectivity index (χ1v) is 9.79. The van der Waals surface area contributed by atoms with Crippen LogP contribution in [0.5, 0.6) is 5.75 Å². The van der Waals surface area contributed by atoms with Crippen molar-refractivity contribution < 1.29 is 18.7 Å². The van der Waals surface area contributed by atoms with Crippen molar-refractivity contribution in [3.05, 3.63) is 88.5 Å². The summed E-state index contributed by atoms with van der Waals surface area (Å²) in [7, 11) is 0. The van der Waals surface area contributed by atoms with Crippen LogP contribution < -0.4 is 15.4 Å². The maximum atomic E-state index is 12.6. The van der Waals surface area contributed by atoms with Gasteiger partial charge >= 0.3 is 0 Å². The number of carbonyl (C=O) groups excluding carboxylic acids is 2. The molecule has 0 saturated carbocycles. The zero-order valence-electron chi connectivity index (χ0n) is 16.1. The zero-order chi connectivity index (χ0) is 21.1. The van der Waals surface area contributed by atoms with E-state index in [4.69, 9.17) is 20.8 Å². The van der Waals surface area contributed by atoms with Crippen molar-refractivity contribution in [2.24, 2.45) is 0 Å². The minimum atomic E-state index is -0.388. The monoisotopic (exact) mass is 422 g/mol. The molecule has 2 heterocycles. The largest absolute Gasteiger partial charge is 0.469 e. The van der Waals surface area contributed by atoms with E-state index in [9.17, 15) is 9.59 Å². The van der Waals surface area contributed by atoms with Gasteiger partial charge in [-0.2, -0.15) is 0 Å². The summed E-state index contributed by atoms with van der Waals surface area (Å²) in [5.41, 5.74) is 1.66. The molecule has 0 spiro atoms. The Balaban J connectivity index is 1.46. The summed E-state index contributed by atoms with van der Waals surface area (Å²) < 4.78 is 11.0. The van der Waals surface area contributed by atoms with E-state index in [0.29, 0.717) is 28.4 Å². The number of furan rings is 1. The highest BCUT2D eigenvalue weighted by atomic mass is 35.5. The van der Waals surface area contributed by atoms with E-state index in [1.807, 2.05) is 19.1 Å². The first-order valence-electron chi connectivity index (χ1n) is 9.42. The maximum absolute atomic E-state index is 12.6. The van der Waals surface area contributed by atoms with Crippen LogP contribution in [0.25, 0.3) is 6.08 Å². The molecule has 2 aromatic carbocycles. The van der Waals surface area contributed by atoms with E-state index in [1.165, 1.54) is 0 Å². The van der Waals surface area contributed by atoms with Crippen LogP contribution in [0.4, 0.5) is 5.69 Å². The number of rotatable bonds is 5. The summed E-state index contributed by atoms with van der Waals surface area (Å²) in [4.78, 5) is 25.0. The van der Waals surface area contributed by atoms with Gasteiger partial charge in [0.05, 0.1) is 12.0 Å². The van der Waals surface area contributed by atoms with Gasteiger partial charge in [0.1, 0.15) is 5.76 Å². The normalized spacial score (nSPS) is 15.1. The van der Waals surface area contributed by atoms with E-state index in [0.717, 1.165) is 11.3 Å². The van der Waals surface area contributed by atoms with Gasteiger partial charge in [0.15, 0.2) is 11.5 Å². The van der Waals surface area contributed by atoms with Crippen LogP contribution in [-0.2, 0) is 11.2 Å². The second-order valence-electron chi connectivity index (χ2n) is 6.99. The molecule has 152 valence electrons. The van der Waals surface area contributed by atoms with Crippen LogP contribution in [0.3, 0.4) is 0 Å². The predicted octanol–water partition coefficient (Wildman–Crippen LogP) is 4.67. The van der Waals surface area contributed by atoms with Gasteiger partial charge in [-0.25, -0.2) is 0 Å². The number of hydrogen-bond acceptors (Lipinski definition) is 4. The third-order valence-corrected chi connectivity index (χ3v) is 4.82. The van der Waals surface area contributed by atoms with E-state index < -0.39 is 0 Å². The number of fused-ring (bicyclic) bond motifs is 1.